The van der Waals surface area contributed by atoms with Crippen molar-refractivity contribution in [1.82, 2.24) is 4.57 Å². The molecule has 0 unspecified atom stereocenters. The molecule has 0 aliphatic heterocycles. The molecule has 0 bridgehead atoms. The van der Waals surface area contributed by atoms with Crippen LogP contribution in [0.25, 0.3) is 6.20 Å². The molecule has 1 aromatic rings. The first kappa shape index (κ1) is 20.0. The van der Waals surface area contributed by atoms with Crippen LogP contribution in [0.2, 0.25) is 0 Å². The number of aryl methyl sites for hydroxylation is 1. The molecule has 0 fully saturated rings. The van der Waals surface area contributed by atoms with Gasteiger partial charge >= 0.3 is 0 Å². The second kappa shape index (κ2) is 14.5. The first-order chi connectivity index (χ1) is 11.4. The topological polar surface area (TPSA) is 8.81 Å². The van der Waals surface area contributed by atoms with E-state index in [1.807, 2.05) is 10.8 Å². The summed E-state index contributed by atoms with van der Waals surface area (Å²) in [6.07, 6.45) is 28.0. The van der Waals surface area contributed by atoms with Crippen molar-refractivity contribution in [2.24, 2.45) is 0 Å². The molecule has 0 aliphatic carbocycles. The maximum Gasteiger partial charge on any atom is 0.248 e. The van der Waals surface area contributed by atoms with E-state index < -0.39 is 0 Å². The van der Waals surface area contributed by atoms with Crippen molar-refractivity contribution in [2.45, 2.75) is 103 Å². The van der Waals surface area contributed by atoms with E-state index in [4.69, 9.17) is 0 Å². The second-order valence-corrected chi connectivity index (χ2v) is 6.88. The third-order valence-electron chi connectivity index (χ3n) is 4.69. The molecule has 0 atom stereocenters. The van der Waals surface area contributed by atoms with Crippen molar-refractivity contribution < 1.29 is 4.57 Å². The van der Waals surface area contributed by atoms with Crippen LogP contribution >= 0.6 is 0 Å². The zero-order valence-electron chi connectivity index (χ0n) is 15.5. The maximum atomic E-state index is 3.77. The Morgan fingerprint density at radius 1 is 0.783 bits per heavy atom. The average molecular weight is 320 g/mol. The van der Waals surface area contributed by atoms with Crippen molar-refractivity contribution in [2.75, 3.05) is 0 Å². The van der Waals surface area contributed by atoms with Crippen molar-refractivity contribution in [1.29, 1.82) is 0 Å². The highest BCUT2D eigenvalue weighted by Crippen LogP contribution is 2.12. The molecule has 1 rings (SSSR count). The van der Waals surface area contributed by atoms with Gasteiger partial charge in [0.15, 0.2) is 0 Å². The number of unbranched alkanes of at least 4 members (excludes halogenated alkanes) is 13. The number of imidazole rings is 1. The zero-order chi connectivity index (χ0) is 16.6. The van der Waals surface area contributed by atoms with Gasteiger partial charge in [-0.2, -0.15) is 0 Å². The van der Waals surface area contributed by atoms with Crippen LogP contribution in [0.15, 0.2) is 25.3 Å². The second-order valence-electron chi connectivity index (χ2n) is 6.88. The summed E-state index contributed by atoms with van der Waals surface area (Å²) in [7, 11) is 0. The predicted molar refractivity (Wildman–Crippen MR) is 101 cm³/mol. The number of aromatic nitrogens is 2. The van der Waals surface area contributed by atoms with Gasteiger partial charge in [-0.1, -0.05) is 90.6 Å². The van der Waals surface area contributed by atoms with Gasteiger partial charge in [-0.3, -0.25) is 0 Å². The Morgan fingerprint density at radius 2 is 1.26 bits per heavy atom. The summed E-state index contributed by atoms with van der Waals surface area (Å²) in [5.41, 5.74) is 0. The van der Waals surface area contributed by atoms with Crippen LogP contribution in [0.4, 0.5) is 0 Å². The van der Waals surface area contributed by atoms with Crippen molar-refractivity contribution >= 4 is 6.20 Å². The van der Waals surface area contributed by atoms with Gasteiger partial charge in [0, 0.05) is 0 Å². The molecule has 0 N–H and O–H groups in total. The number of rotatable bonds is 16. The van der Waals surface area contributed by atoms with Gasteiger partial charge in [0.05, 0.1) is 12.7 Å². The first-order valence-electron chi connectivity index (χ1n) is 10.1. The molecule has 0 aromatic carbocycles. The fourth-order valence-electron chi connectivity index (χ4n) is 3.14. The predicted octanol–water partition coefficient (Wildman–Crippen LogP) is 6.36. The molecular weight excluding hydrogens is 280 g/mol. The highest BCUT2D eigenvalue weighted by atomic mass is 15.1. The Labute approximate surface area is 144 Å². The Kier molecular flexibility index (Phi) is 12.6. The first-order valence-corrected chi connectivity index (χ1v) is 10.1. The highest BCUT2D eigenvalue weighted by molar-refractivity contribution is 5.12. The standard InChI is InChI=1S/C21H39N2/c1-3-5-6-7-8-9-10-11-12-13-14-15-16-17-18-23-20-19-22(4-2)21-23/h4,19-21H,2-3,5-18H2,1H3/q+1. The third-order valence-corrected chi connectivity index (χ3v) is 4.69. The summed E-state index contributed by atoms with van der Waals surface area (Å²) in [5.74, 6) is 0. The van der Waals surface area contributed by atoms with E-state index in [2.05, 4.69) is 36.8 Å². The molecule has 1 heterocycles. The third kappa shape index (κ3) is 11.2. The van der Waals surface area contributed by atoms with E-state index >= 15 is 0 Å². The SMILES string of the molecule is C=Cn1cc[n+](CCCCCCCCCCCCCCCC)c1. The van der Waals surface area contributed by atoms with Crippen molar-refractivity contribution in [3.63, 3.8) is 0 Å². The summed E-state index contributed by atoms with van der Waals surface area (Å²) in [5, 5.41) is 0. The highest BCUT2D eigenvalue weighted by Gasteiger charge is 2.00. The molecule has 132 valence electrons. The summed E-state index contributed by atoms with van der Waals surface area (Å²) >= 11 is 0. The van der Waals surface area contributed by atoms with Gasteiger partial charge in [0.1, 0.15) is 12.4 Å². The molecule has 0 aliphatic rings. The number of nitrogens with zero attached hydrogens (tertiary/aromatic N) is 2. The van der Waals surface area contributed by atoms with Gasteiger partial charge in [-0.15, -0.1) is 0 Å². The van der Waals surface area contributed by atoms with Gasteiger partial charge in [0.25, 0.3) is 0 Å². The van der Waals surface area contributed by atoms with E-state index in [0.717, 1.165) is 6.54 Å². The molecule has 0 amide bonds. The minimum absolute atomic E-state index is 1.14. The van der Waals surface area contributed by atoms with Gasteiger partial charge in [0.2, 0.25) is 6.33 Å². The smallest absolute Gasteiger partial charge is 0.236 e. The maximum absolute atomic E-state index is 3.77. The van der Waals surface area contributed by atoms with E-state index in [1.165, 1.54) is 89.9 Å². The van der Waals surface area contributed by atoms with Crippen LogP contribution in [0.3, 0.4) is 0 Å². The van der Waals surface area contributed by atoms with E-state index in [9.17, 15) is 0 Å². The lowest BCUT2D eigenvalue weighted by Gasteiger charge is -2.03. The fourth-order valence-corrected chi connectivity index (χ4v) is 3.14. The van der Waals surface area contributed by atoms with Gasteiger partial charge in [-0.05, 0) is 12.8 Å². The number of hydrogen-bond acceptors (Lipinski definition) is 0. The van der Waals surface area contributed by atoms with Crippen LogP contribution in [-0.2, 0) is 6.54 Å². The molecule has 23 heavy (non-hydrogen) atoms. The average Bonchev–Trinajstić information content (AvgIpc) is 3.03. The lowest BCUT2D eigenvalue weighted by Crippen LogP contribution is -2.30. The van der Waals surface area contributed by atoms with E-state index in [-0.39, 0.29) is 0 Å². The van der Waals surface area contributed by atoms with Crippen molar-refractivity contribution in [3.05, 3.63) is 25.3 Å². The largest absolute Gasteiger partial charge is 0.248 e. The quantitative estimate of drug-likeness (QED) is 0.248. The number of hydrogen-bond donors (Lipinski definition) is 0. The molecule has 2 nitrogen and oxygen atoms in total. The van der Waals surface area contributed by atoms with Crippen LogP contribution in [0.1, 0.15) is 96.8 Å². The molecule has 0 saturated heterocycles. The minimum Gasteiger partial charge on any atom is -0.236 e. The molecule has 2 heteroatoms. The normalized spacial score (nSPS) is 11.0. The summed E-state index contributed by atoms with van der Waals surface area (Å²) in [4.78, 5) is 0. The molecule has 0 radical (unpaired) electrons. The lowest BCUT2D eigenvalue weighted by atomic mass is 10.0. The Bertz CT molecular complexity index is 381. The molecule has 1 aromatic heterocycles. The fraction of sp³-hybridized carbons (Fsp3) is 0.762. The zero-order valence-corrected chi connectivity index (χ0v) is 15.5. The lowest BCUT2D eigenvalue weighted by molar-refractivity contribution is -0.696. The van der Waals surface area contributed by atoms with Crippen LogP contribution in [0.5, 0.6) is 0 Å². The molecule has 0 saturated carbocycles. The summed E-state index contributed by atoms with van der Waals surface area (Å²) in [6, 6.07) is 0. The Morgan fingerprint density at radius 3 is 1.70 bits per heavy atom. The Hall–Kier alpha value is -1.05. The van der Waals surface area contributed by atoms with Crippen molar-refractivity contribution in [3.8, 4) is 0 Å². The van der Waals surface area contributed by atoms with Crippen LogP contribution in [-0.4, -0.2) is 4.57 Å². The van der Waals surface area contributed by atoms with E-state index in [1.54, 1.807) is 0 Å². The van der Waals surface area contributed by atoms with Crippen LogP contribution in [0, 0.1) is 0 Å². The van der Waals surface area contributed by atoms with Crippen LogP contribution < -0.4 is 4.57 Å². The summed E-state index contributed by atoms with van der Waals surface area (Å²) in [6.45, 7) is 7.19. The minimum atomic E-state index is 1.14. The molecular formula is C21H39N2+. The monoisotopic (exact) mass is 319 g/mol. The van der Waals surface area contributed by atoms with E-state index in [0.29, 0.717) is 0 Å². The van der Waals surface area contributed by atoms with Gasteiger partial charge in [-0.25, -0.2) is 9.13 Å². The van der Waals surface area contributed by atoms with Gasteiger partial charge < -0.3 is 0 Å². The Balaban J connectivity index is 1.77. The molecule has 0 spiro atoms. The summed E-state index contributed by atoms with van der Waals surface area (Å²) < 4.78 is 4.26.